The Morgan fingerprint density at radius 3 is 2.66 bits per heavy atom. The molecule has 0 spiro atoms. The molecule has 1 amide bonds. The average molecular weight is 504 g/mol. The first-order valence-electron chi connectivity index (χ1n) is 11.6. The van der Waals surface area contributed by atoms with E-state index >= 15 is 0 Å². The molecule has 35 heavy (non-hydrogen) atoms. The van der Waals surface area contributed by atoms with Gasteiger partial charge in [0.25, 0.3) is 5.91 Å². The average Bonchev–Trinajstić information content (AvgIpc) is 3.37. The molecule has 0 unspecified atom stereocenters. The molecular formula is C28H29N3O2S2. The maximum Gasteiger partial charge on any atom is 0.266 e. The lowest BCUT2D eigenvalue weighted by molar-refractivity contribution is -0.121. The van der Waals surface area contributed by atoms with Gasteiger partial charge in [-0.25, -0.2) is 4.68 Å². The second-order valence-electron chi connectivity index (χ2n) is 8.81. The molecule has 0 radical (unpaired) electrons. The zero-order valence-corrected chi connectivity index (χ0v) is 21.9. The number of aromatic nitrogens is 2. The highest BCUT2D eigenvalue weighted by atomic mass is 32.2. The molecule has 0 N–H and O–H groups in total. The van der Waals surface area contributed by atoms with Crippen molar-refractivity contribution in [2.24, 2.45) is 5.92 Å². The fraction of sp³-hybridized carbons (Fsp3) is 0.250. The number of thioether (sulfide) groups is 1. The molecule has 2 aromatic carbocycles. The number of aryl methyl sites for hydroxylation is 1. The molecule has 4 rings (SSSR count). The number of para-hydroxylation sites is 1. The van der Waals surface area contributed by atoms with Crippen LogP contribution in [0.15, 0.2) is 72.3 Å². The molecule has 1 saturated heterocycles. The van der Waals surface area contributed by atoms with Gasteiger partial charge in [0.05, 0.1) is 17.2 Å². The molecule has 0 aliphatic carbocycles. The van der Waals surface area contributed by atoms with Crippen molar-refractivity contribution < 1.29 is 9.53 Å². The third-order valence-electron chi connectivity index (χ3n) is 5.64. The molecule has 1 aliphatic heterocycles. The van der Waals surface area contributed by atoms with Crippen LogP contribution in [0.2, 0.25) is 0 Å². The molecule has 5 nitrogen and oxygen atoms in total. The molecule has 1 aliphatic rings. The quantitative estimate of drug-likeness (QED) is 0.186. The highest BCUT2D eigenvalue weighted by Crippen LogP contribution is 2.35. The number of ether oxygens (including phenoxy) is 1. The van der Waals surface area contributed by atoms with Gasteiger partial charge in [0.2, 0.25) is 0 Å². The summed E-state index contributed by atoms with van der Waals surface area (Å²) in [5.74, 6) is 1.37. The SMILES string of the molecule is C=CCN1C(=O)/C(=C/c2cn(-c3ccccc3)nc2-c2ccc(OCCC(C)C)c(C)c2)SC1=S. The number of thiocarbonyl (C=S) groups is 1. The Morgan fingerprint density at radius 1 is 1.20 bits per heavy atom. The summed E-state index contributed by atoms with van der Waals surface area (Å²) in [5.41, 5.74) is 4.59. The zero-order chi connectivity index (χ0) is 24.9. The van der Waals surface area contributed by atoms with Crippen molar-refractivity contribution >= 4 is 40.3 Å². The van der Waals surface area contributed by atoms with Gasteiger partial charge < -0.3 is 4.74 Å². The number of benzene rings is 2. The van der Waals surface area contributed by atoms with Crippen LogP contribution in [-0.2, 0) is 4.79 Å². The maximum atomic E-state index is 12.9. The summed E-state index contributed by atoms with van der Waals surface area (Å²) >= 11 is 6.72. The van der Waals surface area contributed by atoms with E-state index in [1.165, 1.54) is 11.8 Å². The first-order chi connectivity index (χ1) is 16.9. The van der Waals surface area contributed by atoms with E-state index in [2.05, 4.69) is 26.5 Å². The van der Waals surface area contributed by atoms with E-state index in [0.29, 0.717) is 28.3 Å². The summed E-state index contributed by atoms with van der Waals surface area (Å²) < 4.78 is 8.38. The number of nitrogens with zero attached hydrogens (tertiary/aromatic N) is 3. The van der Waals surface area contributed by atoms with Gasteiger partial charge in [0, 0.05) is 23.9 Å². The van der Waals surface area contributed by atoms with E-state index in [1.807, 2.05) is 66.3 Å². The van der Waals surface area contributed by atoms with Gasteiger partial charge in [0.1, 0.15) is 15.8 Å². The summed E-state index contributed by atoms with van der Waals surface area (Å²) in [7, 11) is 0. The molecule has 3 aromatic rings. The third-order valence-corrected chi connectivity index (χ3v) is 7.01. The van der Waals surface area contributed by atoms with Crippen molar-refractivity contribution in [3.63, 3.8) is 0 Å². The molecule has 1 fully saturated rings. The number of hydrogen-bond acceptors (Lipinski definition) is 5. The second kappa shape index (κ2) is 11.1. The van der Waals surface area contributed by atoms with E-state index in [0.717, 1.165) is 40.2 Å². The molecule has 180 valence electrons. The lowest BCUT2D eigenvalue weighted by atomic mass is 10.0. The van der Waals surface area contributed by atoms with E-state index < -0.39 is 0 Å². The Bertz CT molecular complexity index is 1280. The monoisotopic (exact) mass is 503 g/mol. The fourth-order valence-corrected chi connectivity index (χ4v) is 4.99. The summed E-state index contributed by atoms with van der Waals surface area (Å²) in [6.45, 7) is 11.2. The Morgan fingerprint density at radius 2 is 1.97 bits per heavy atom. The highest BCUT2D eigenvalue weighted by Gasteiger charge is 2.31. The summed E-state index contributed by atoms with van der Waals surface area (Å²) in [6, 6.07) is 16.0. The first-order valence-corrected chi connectivity index (χ1v) is 12.8. The van der Waals surface area contributed by atoms with Crippen LogP contribution >= 0.6 is 24.0 Å². The predicted octanol–water partition coefficient (Wildman–Crippen LogP) is 6.66. The van der Waals surface area contributed by atoms with Gasteiger partial charge in [-0.15, -0.1) is 6.58 Å². The smallest absolute Gasteiger partial charge is 0.266 e. The predicted molar refractivity (Wildman–Crippen MR) is 149 cm³/mol. The van der Waals surface area contributed by atoms with Gasteiger partial charge >= 0.3 is 0 Å². The first kappa shape index (κ1) is 24.9. The van der Waals surface area contributed by atoms with Gasteiger partial charge in [-0.2, -0.15) is 5.10 Å². The number of hydrogen-bond donors (Lipinski definition) is 0. The van der Waals surface area contributed by atoms with Crippen LogP contribution in [0.1, 0.15) is 31.4 Å². The van der Waals surface area contributed by atoms with Crippen molar-refractivity contribution in [1.29, 1.82) is 0 Å². The number of carbonyl (C=O) groups excluding carboxylic acids is 1. The maximum absolute atomic E-state index is 12.9. The number of rotatable bonds is 9. The minimum atomic E-state index is -0.108. The lowest BCUT2D eigenvalue weighted by Gasteiger charge is -2.12. The van der Waals surface area contributed by atoms with Crippen LogP contribution < -0.4 is 4.74 Å². The lowest BCUT2D eigenvalue weighted by Crippen LogP contribution is -2.27. The van der Waals surface area contributed by atoms with Gasteiger partial charge in [-0.1, -0.05) is 62.1 Å². The van der Waals surface area contributed by atoms with E-state index in [4.69, 9.17) is 22.1 Å². The van der Waals surface area contributed by atoms with Gasteiger partial charge in [0.15, 0.2) is 0 Å². The van der Waals surface area contributed by atoms with Crippen LogP contribution in [0.5, 0.6) is 5.75 Å². The van der Waals surface area contributed by atoms with E-state index in [1.54, 1.807) is 11.0 Å². The van der Waals surface area contributed by atoms with Gasteiger partial charge in [-0.3, -0.25) is 9.69 Å². The largest absolute Gasteiger partial charge is 0.493 e. The standard InChI is InChI=1S/C28H29N3O2S2/c1-5-14-30-27(32)25(35-28(30)34)17-22-18-31(23-9-7-6-8-10-23)29-26(22)21-11-12-24(20(4)16-21)33-15-13-19(2)3/h5-12,16-19H,1,13-15H2,2-4H3/b25-17-. The van der Waals surface area contributed by atoms with Crippen LogP contribution in [0.3, 0.4) is 0 Å². The van der Waals surface area contributed by atoms with Crippen molar-refractivity contribution in [1.82, 2.24) is 14.7 Å². The molecule has 1 aromatic heterocycles. The Kier molecular flexibility index (Phi) is 7.88. The Hall–Kier alpha value is -3.16. The summed E-state index contributed by atoms with van der Waals surface area (Å²) in [4.78, 5) is 15.1. The molecule has 0 atom stereocenters. The van der Waals surface area contributed by atoms with Gasteiger partial charge in [-0.05, 0) is 61.2 Å². The number of amides is 1. The summed E-state index contributed by atoms with van der Waals surface area (Å²) in [5, 5.41) is 4.90. The molecular weight excluding hydrogens is 474 g/mol. The Balaban J connectivity index is 1.72. The number of carbonyl (C=O) groups is 1. The van der Waals surface area contributed by atoms with Crippen molar-refractivity contribution in [3.8, 4) is 22.7 Å². The van der Waals surface area contributed by atoms with Crippen LogP contribution in [0.4, 0.5) is 0 Å². The minimum Gasteiger partial charge on any atom is -0.493 e. The van der Waals surface area contributed by atoms with E-state index in [9.17, 15) is 4.79 Å². The van der Waals surface area contributed by atoms with Crippen LogP contribution in [-0.4, -0.2) is 38.1 Å². The molecule has 7 heteroatoms. The van der Waals surface area contributed by atoms with Crippen molar-refractivity contribution in [2.75, 3.05) is 13.2 Å². The second-order valence-corrected chi connectivity index (χ2v) is 10.5. The third kappa shape index (κ3) is 5.74. The summed E-state index contributed by atoms with van der Waals surface area (Å²) in [6.07, 6.45) is 6.52. The molecule has 2 heterocycles. The van der Waals surface area contributed by atoms with Crippen LogP contribution in [0, 0.1) is 12.8 Å². The minimum absolute atomic E-state index is 0.108. The highest BCUT2D eigenvalue weighted by molar-refractivity contribution is 8.26. The zero-order valence-electron chi connectivity index (χ0n) is 20.2. The Labute approximate surface area is 216 Å². The fourth-order valence-electron chi connectivity index (χ4n) is 3.72. The van der Waals surface area contributed by atoms with Crippen LogP contribution in [0.25, 0.3) is 23.0 Å². The van der Waals surface area contributed by atoms with Crippen molar-refractivity contribution in [3.05, 3.63) is 83.4 Å². The van der Waals surface area contributed by atoms with E-state index in [-0.39, 0.29) is 5.91 Å². The van der Waals surface area contributed by atoms with Crippen molar-refractivity contribution in [2.45, 2.75) is 27.2 Å². The molecule has 0 saturated carbocycles. The topological polar surface area (TPSA) is 47.4 Å². The molecule has 0 bridgehead atoms. The normalized spacial score (nSPS) is 14.9.